The first kappa shape index (κ1) is 12.4. The topological polar surface area (TPSA) is 55.6 Å². The molecule has 106 valence electrons. The van der Waals surface area contributed by atoms with Gasteiger partial charge in [-0.2, -0.15) is 0 Å². The Bertz CT molecular complexity index is 850. The largest absolute Gasteiger partial charge is 0.482 e. The van der Waals surface area contributed by atoms with Crippen molar-refractivity contribution in [1.29, 1.82) is 0 Å². The number of hydrogen-bond acceptors (Lipinski definition) is 4. The zero-order chi connectivity index (χ0) is 14.4. The number of amides is 1. The van der Waals surface area contributed by atoms with Crippen molar-refractivity contribution in [2.45, 2.75) is 13.3 Å². The first-order chi connectivity index (χ1) is 10.3. The Hall–Kier alpha value is -2.34. The van der Waals surface area contributed by atoms with E-state index in [1.165, 1.54) is 4.88 Å². The average molecular weight is 299 g/mol. The predicted octanol–water partition coefficient (Wildman–Crippen LogP) is 2.96. The number of ether oxygens (including phenoxy) is 1. The van der Waals surface area contributed by atoms with Crippen LogP contribution in [0.15, 0.2) is 30.6 Å². The molecule has 2 aromatic heterocycles. The van der Waals surface area contributed by atoms with Gasteiger partial charge in [-0.15, -0.1) is 11.3 Å². The molecule has 0 radical (unpaired) electrons. The van der Waals surface area contributed by atoms with Crippen LogP contribution >= 0.6 is 11.3 Å². The molecule has 0 atom stereocenters. The normalized spacial score (nSPS) is 13.9. The third kappa shape index (κ3) is 1.91. The molecule has 0 aliphatic carbocycles. The molecule has 5 nitrogen and oxygen atoms in total. The summed E-state index contributed by atoms with van der Waals surface area (Å²) in [6.07, 6.45) is 4.72. The number of nitrogens with one attached hydrogen (secondary N) is 1. The van der Waals surface area contributed by atoms with Crippen LogP contribution in [-0.2, 0) is 11.2 Å². The average Bonchev–Trinajstić information content (AvgIpc) is 3.06. The van der Waals surface area contributed by atoms with Gasteiger partial charge in [-0.05, 0) is 24.6 Å². The summed E-state index contributed by atoms with van der Waals surface area (Å²) >= 11 is 1.70. The van der Waals surface area contributed by atoms with Gasteiger partial charge in [0.15, 0.2) is 11.6 Å². The molecule has 0 fully saturated rings. The number of imidazole rings is 1. The van der Waals surface area contributed by atoms with Crippen LogP contribution in [-0.4, -0.2) is 21.9 Å². The van der Waals surface area contributed by atoms with E-state index in [0.717, 1.165) is 28.3 Å². The van der Waals surface area contributed by atoms with Crippen LogP contribution in [0.2, 0.25) is 0 Å². The second-order valence-electron chi connectivity index (χ2n) is 4.86. The summed E-state index contributed by atoms with van der Waals surface area (Å²) in [6, 6.07) is 5.90. The van der Waals surface area contributed by atoms with E-state index in [2.05, 4.69) is 21.6 Å². The highest BCUT2D eigenvalue weighted by Gasteiger charge is 2.19. The van der Waals surface area contributed by atoms with E-state index in [1.54, 1.807) is 17.5 Å². The molecule has 3 aromatic rings. The fourth-order valence-electron chi connectivity index (χ4n) is 2.60. The van der Waals surface area contributed by atoms with Crippen LogP contribution in [0.3, 0.4) is 0 Å². The molecular formula is C15H13N3O2S. The highest BCUT2D eigenvalue weighted by atomic mass is 32.1. The number of benzene rings is 1. The number of rotatable bonds is 2. The SMILES string of the molecule is CCc1sc2nccn2c1-c1ccc2c(c1)NC(=O)CO2. The van der Waals surface area contributed by atoms with Gasteiger partial charge in [-0.25, -0.2) is 4.98 Å². The van der Waals surface area contributed by atoms with Gasteiger partial charge in [0.1, 0.15) is 5.75 Å². The van der Waals surface area contributed by atoms with Gasteiger partial charge in [-0.3, -0.25) is 9.20 Å². The van der Waals surface area contributed by atoms with Crippen LogP contribution in [0.1, 0.15) is 11.8 Å². The number of aryl methyl sites for hydroxylation is 1. The van der Waals surface area contributed by atoms with E-state index in [4.69, 9.17) is 4.74 Å². The quantitative estimate of drug-likeness (QED) is 0.791. The number of hydrogen-bond donors (Lipinski definition) is 1. The summed E-state index contributed by atoms with van der Waals surface area (Å²) in [6.45, 7) is 2.22. The number of anilines is 1. The minimum Gasteiger partial charge on any atom is -0.482 e. The smallest absolute Gasteiger partial charge is 0.262 e. The molecule has 0 unspecified atom stereocenters. The Kier molecular flexibility index (Phi) is 2.71. The lowest BCUT2D eigenvalue weighted by Crippen LogP contribution is -2.25. The van der Waals surface area contributed by atoms with Gasteiger partial charge in [0.2, 0.25) is 0 Å². The fraction of sp³-hybridized carbons (Fsp3) is 0.200. The van der Waals surface area contributed by atoms with Crippen molar-refractivity contribution >= 4 is 27.9 Å². The summed E-state index contributed by atoms with van der Waals surface area (Å²) in [4.78, 5) is 18.1. The third-order valence-electron chi connectivity index (χ3n) is 3.53. The number of fused-ring (bicyclic) bond motifs is 2. The van der Waals surface area contributed by atoms with Gasteiger partial charge in [0.25, 0.3) is 5.91 Å². The Labute approximate surface area is 125 Å². The monoisotopic (exact) mass is 299 g/mol. The van der Waals surface area contributed by atoms with Crippen molar-refractivity contribution in [3.63, 3.8) is 0 Å². The van der Waals surface area contributed by atoms with Crippen LogP contribution in [0.5, 0.6) is 5.75 Å². The van der Waals surface area contributed by atoms with Crippen molar-refractivity contribution < 1.29 is 9.53 Å². The molecule has 21 heavy (non-hydrogen) atoms. The van der Waals surface area contributed by atoms with Crippen molar-refractivity contribution in [1.82, 2.24) is 9.38 Å². The summed E-state index contributed by atoms with van der Waals surface area (Å²) in [5.74, 6) is 0.599. The second kappa shape index (κ2) is 4.60. The maximum atomic E-state index is 11.5. The third-order valence-corrected chi connectivity index (χ3v) is 4.75. The van der Waals surface area contributed by atoms with Crippen molar-refractivity contribution in [3.8, 4) is 17.0 Å². The minimum atomic E-state index is -0.117. The number of nitrogens with zero attached hydrogens (tertiary/aromatic N) is 2. The summed E-state index contributed by atoms with van der Waals surface area (Å²) in [7, 11) is 0. The van der Waals surface area contributed by atoms with E-state index in [1.807, 2.05) is 24.4 Å². The zero-order valence-corrected chi connectivity index (χ0v) is 12.2. The molecule has 0 spiro atoms. The number of carbonyl (C=O) groups is 1. The van der Waals surface area contributed by atoms with E-state index in [0.29, 0.717) is 5.75 Å². The van der Waals surface area contributed by atoms with Crippen LogP contribution in [0, 0.1) is 0 Å². The van der Waals surface area contributed by atoms with Crippen molar-refractivity contribution in [2.24, 2.45) is 0 Å². The highest BCUT2D eigenvalue weighted by Crippen LogP contribution is 2.36. The highest BCUT2D eigenvalue weighted by molar-refractivity contribution is 7.17. The first-order valence-electron chi connectivity index (χ1n) is 6.78. The van der Waals surface area contributed by atoms with Crippen molar-refractivity contribution in [3.05, 3.63) is 35.5 Å². The Morgan fingerprint density at radius 1 is 1.48 bits per heavy atom. The Morgan fingerprint density at radius 3 is 3.24 bits per heavy atom. The molecule has 3 heterocycles. The maximum Gasteiger partial charge on any atom is 0.262 e. The summed E-state index contributed by atoms with van der Waals surface area (Å²) < 4.78 is 7.50. The lowest BCUT2D eigenvalue weighted by atomic mass is 10.1. The molecule has 1 aliphatic rings. The first-order valence-corrected chi connectivity index (χ1v) is 7.59. The molecule has 0 bridgehead atoms. The van der Waals surface area contributed by atoms with Gasteiger partial charge in [0.05, 0.1) is 11.4 Å². The van der Waals surface area contributed by atoms with E-state index < -0.39 is 0 Å². The number of aromatic nitrogens is 2. The van der Waals surface area contributed by atoms with Gasteiger partial charge < -0.3 is 10.1 Å². The van der Waals surface area contributed by atoms with E-state index >= 15 is 0 Å². The Balaban J connectivity index is 1.90. The zero-order valence-electron chi connectivity index (χ0n) is 11.4. The molecule has 1 aliphatic heterocycles. The second-order valence-corrected chi connectivity index (χ2v) is 5.92. The maximum absolute atomic E-state index is 11.5. The van der Waals surface area contributed by atoms with Crippen molar-refractivity contribution in [2.75, 3.05) is 11.9 Å². The van der Waals surface area contributed by atoms with Crippen LogP contribution in [0.25, 0.3) is 16.2 Å². The molecule has 0 saturated heterocycles. The van der Waals surface area contributed by atoms with Crippen LogP contribution < -0.4 is 10.1 Å². The van der Waals surface area contributed by atoms with Gasteiger partial charge >= 0.3 is 0 Å². The van der Waals surface area contributed by atoms with Crippen LogP contribution in [0.4, 0.5) is 5.69 Å². The molecule has 6 heteroatoms. The molecular weight excluding hydrogens is 286 g/mol. The molecule has 1 amide bonds. The van der Waals surface area contributed by atoms with E-state index in [-0.39, 0.29) is 12.5 Å². The molecule has 1 N–H and O–H groups in total. The standard InChI is InChI=1S/C15H13N3O2S/c1-2-12-14(18-6-5-16-15(18)21-12)9-3-4-11-10(7-9)17-13(19)8-20-11/h3-7H,2,8H2,1H3,(H,17,19). The molecule has 0 saturated carbocycles. The lowest BCUT2D eigenvalue weighted by Gasteiger charge is -2.18. The summed E-state index contributed by atoms with van der Waals surface area (Å²) in [5, 5.41) is 2.86. The van der Waals surface area contributed by atoms with Gasteiger partial charge in [-0.1, -0.05) is 6.92 Å². The van der Waals surface area contributed by atoms with Gasteiger partial charge in [0, 0.05) is 22.8 Å². The predicted molar refractivity (Wildman–Crippen MR) is 82.0 cm³/mol. The Morgan fingerprint density at radius 2 is 2.38 bits per heavy atom. The molecule has 4 rings (SSSR count). The van der Waals surface area contributed by atoms with E-state index in [9.17, 15) is 4.79 Å². The number of thiazole rings is 1. The molecule has 1 aromatic carbocycles. The summed E-state index contributed by atoms with van der Waals surface area (Å²) in [5.41, 5.74) is 2.92. The lowest BCUT2D eigenvalue weighted by molar-refractivity contribution is -0.118. The number of carbonyl (C=O) groups excluding carboxylic acids is 1. The minimum absolute atomic E-state index is 0.0801. The fourth-order valence-corrected chi connectivity index (χ4v) is 3.64.